The second-order valence-corrected chi connectivity index (χ2v) is 7.34. The first kappa shape index (κ1) is 16.7. The highest BCUT2D eigenvalue weighted by Crippen LogP contribution is 2.36. The number of para-hydroxylation sites is 2. The van der Waals surface area contributed by atoms with E-state index in [2.05, 4.69) is 60.4 Å². The number of benzene rings is 1. The molecule has 4 nitrogen and oxygen atoms in total. The molecule has 2 heterocycles. The lowest BCUT2D eigenvalue weighted by Gasteiger charge is -2.34. The van der Waals surface area contributed by atoms with Gasteiger partial charge in [0.25, 0.3) is 0 Å². The van der Waals surface area contributed by atoms with Crippen molar-refractivity contribution in [2.75, 3.05) is 16.8 Å². The van der Waals surface area contributed by atoms with Crippen LogP contribution in [0.4, 0.5) is 11.4 Å². The van der Waals surface area contributed by atoms with E-state index >= 15 is 0 Å². The van der Waals surface area contributed by atoms with Crippen LogP contribution in [0.2, 0.25) is 0 Å². The summed E-state index contributed by atoms with van der Waals surface area (Å²) < 4.78 is 0. The van der Waals surface area contributed by atoms with Gasteiger partial charge >= 0.3 is 0 Å². The predicted octanol–water partition coefficient (Wildman–Crippen LogP) is 4.93. The third kappa shape index (κ3) is 3.19. The second-order valence-electron chi connectivity index (χ2n) is 7.34. The molecule has 0 amide bonds. The summed E-state index contributed by atoms with van der Waals surface area (Å²) in [6.45, 7) is 15.5. The highest BCUT2D eigenvalue weighted by molar-refractivity contribution is 5.90. The van der Waals surface area contributed by atoms with Crippen LogP contribution in [-0.4, -0.2) is 12.4 Å². The van der Waals surface area contributed by atoms with Crippen molar-refractivity contribution in [3.05, 3.63) is 72.4 Å². The highest BCUT2D eigenvalue weighted by Gasteiger charge is 2.30. The topological polar surface area (TPSA) is 39.7 Å². The standard InChI is InChI=1S/C22H26N4/c1-14-13-26(21-8-6-5-7-20(21)23-14)15(2)9-12-19-16(3)24-22(18-10-11-18)25-17(19)4/h5-8,18,23H,1-3,9-13H2,4H3,(H,24,25). The van der Waals surface area contributed by atoms with Crippen molar-refractivity contribution < 1.29 is 0 Å². The van der Waals surface area contributed by atoms with E-state index in [1.54, 1.807) is 0 Å². The van der Waals surface area contributed by atoms with Gasteiger partial charge in [0, 0.05) is 28.7 Å². The van der Waals surface area contributed by atoms with Crippen molar-refractivity contribution in [3.63, 3.8) is 0 Å². The van der Waals surface area contributed by atoms with E-state index in [9.17, 15) is 0 Å². The molecule has 1 aromatic rings. The molecule has 0 spiro atoms. The molecule has 1 aliphatic carbocycles. The van der Waals surface area contributed by atoms with Crippen LogP contribution < -0.4 is 15.5 Å². The Kier molecular flexibility index (Phi) is 4.19. The number of nitrogens with one attached hydrogen (secondary N) is 2. The number of nitrogens with zero attached hydrogens (tertiary/aromatic N) is 2. The van der Waals surface area contributed by atoms with Gasteiger partial charge in [-0.25, -0.2) is 4.99 Å². The lowest BCUT2D eigenvalue weighted by atomic mass is 10.0. The summed E-state index contributed by atoms with van der Waals surface area (Å²) in [6.07, 6.45) is 4.23. The number of allylic oxidation sites excluding steroid dienone is 3. The van der Waals surface area contributed by atoms with Crippen LogP contribution >= 0.6 is 0 Å². The van der Waals surface area contributed by atoms with Crippen molar-refractivity contribution in [2.24, 2.45) is 10.9 Å². The van der Waals surface area contributed by atoms with E-state index in [0.29, 0.717) is 5.92 Å². The van der Waals surface area contributed by atoms with E-state index < -0.39 is 0 Å². The van der Waals surface area contributed by atoms with Gasteiger partial charge in [-0.3, -0.25) is 0 Å². The largest absolute Gasteiger partial charge is 0.356 e. The van der Waals surface area contributed by atoms with Crippen molar-refractivity contribution in [1.29, 1.82) is 0 Å². The Labute approximate surface area is 155 Å². The van der Waals surface area contributed by atoms with Gasteiger partial charge in [-0.2, -0.15) is 0 Å². The molecule has 0 unspecified atom stereocenters. The molecule has 1 fully saturated rings. The van der Waals surface area contributed by atoms with Gasteiger partial charge in [-0.15, -0.1) is 0 Å². The van der Waals surface area contributed by atoms with E-state index in [-0.39, 0.29) is 0 Å². The van der Waals surface area contributed by atoms with Crippen molar-refractivity contribution in [1.82, 2.24) is 5.32 Å². The van der Waals surface area contributed by atoms with Crippen LogP contribution in [0.25, 0.3) is 0 Å². The number of fused-ring (bicyclic) bond motifs is 1. The fourth-order valence-corrected chi connectivity index (χ4v) is 3.61. The molecule has 4 heteroatoms. The van der Waals surface area contributed by atoms with E-state index in [0.717, 1.165) is 59.4 Å². The minimum absolute atomic E-state index is 0.613. The molecule has 2 aliphatic heterocycles. The van der Waals surface area contributed by atoms with Crippen LogP contribution in [0, 0.1) is 5.92 Å². The molecular formula is C22H26N4. The molecule has 134 valence electrons. The first-order chi connectivity index (χ1) is 12.5. The summed E-state index contributed by atoms with van der Waals surface area (Å²) >= 11 is 0. The lowest BCUT2D eigenvalue weighted by Crippen LogP contribution is -2.32. The quantitative estimate of drug-likeness (QED) is 0.794. The SMILES string of the molecule is C=C1CN(C(=C)CCC2=C(C)N=C(C3CC3)NC2=C)c2ccccc2N1. The smallest absolute Gasteiger partial charge is 0.109 e. The molecule has 0 atom stereocenters. The van der Waals surface area contributed by atoms with E-state index in [1.807, 2.05) is 6.07 Å². The Morgan fingerprint density at radius 2 is 2.00 bits per heavy atom. The molecular weight excluding hydrogens is 320 g/mol. The van der Waals surface area contributed by atoms with Crippen LogP contribution in [0.1, 0.15) is 32.6 Å². The molecule has 0 bridgehead atoms. The molecule has 0 radical (unpaired) electrons. The normalized spacial score (nSPS) is 19.6. The van der Waals surface area contributed by atoms with Gasteiger partial charge in [-0.1, -0.05) is 31.9 Å². The molecule has 1 saturated carbocycles. The Morgan fingerprint density at radius 3 is 2.73 bits per heavy atom. The van der Waals surface area contributed by atoms with Crippen LogP contribution in [0.3, 0.4) is 0 Å². The molecule has 0 saturated heterocycles. The lowest BCUT2D eigenvalue weighted by molar-refractivity contribution is 0.818. The Morgan fingerprint density at radius 1 is 1.23 bits per heavy atom. The Hall–Kier alpha value is -2.75. The Bertz CT molecular complexity index is 855. The molecule has 1 aromatic carbocycles. The van der Waals surface area contributed by atoms with Gasteiger partial charge in [0.1, 0.15) is 5.84 Å². The zero-order valence-corrected chi connectivity index (χ0v) is 15.4. The first-order valence-electron chi connectivity index (χ1n) is 9.26. The summed E-state index contributed by atoms with van der Waals surface area (Å²) in [4.78, 5) is 7.02. The molecule has 26 heavy (non-hydrogen) atoms. The number of hydrogen-bond donors (Lipinski definition) is 2. The van der Waals surface area contributed by atoms with Crippen LogP contribution in [0.5, 0.6) is 0 Å². The van der Waals surface area contributed by atoms with Gasteiger partial charge in [0.2, 0.25) is 0 Å². The third-order valence-corrected chi connectivity index (χ3v) is 5.23. The summed E-state index contributed by atoms with van der Waals surface area (Å²) in [7, 11) is 0. The van der Waals surface area contributed by atoms with E-state index in [1.165, 1.54) is 18.4 Å². The monoisotopic (exact) mass is 346 g/mol. The average molecular weight is 346 g/mol. The maximum absolute atomic E-state index is 4.77. The second kappa shape index (κ2) is 6.52. The zero-order chi connectivity index (χ0) is 18.3. The predicted molar refractivity (Wildman–Crippen MR) is 110 cm³/mol. The maximum atomic E-state index is 4.77. The van der Waals surface area contributed by atoms with E-state index in [4.69, 9.17) is 4.99 Å². The zero-order valence-electron chi connectivity index (χ0n) is 15.4. The summed E-state index contributed by atoms with van der Waals surface area (Å²) in [5.74, 6) is 1.71. The maximum Gasteiger partial charge on any atom is 0.109 e. The summed E-state index contributed by atoms with van der Waals surface area (Å²) in [5, 5.41) is 6.77. The first-order valence-corrected chi connectivity index (χ1v) is 9.26. The number of hydrogen-bond acceptors (Lipinski definition) is 4. The molecule has 2 N–H and O–H groups in total. The van der Waals surface area contributed by atoms with Crippen LogP contribution in [-0.2, 0) is 0 Å². The third-order valence-electron chi connectivity index (χ3n) is 5.23. The van der Waals surface area contributed by atoms with Gasteiger partial charge in [-0.05, 0) is 50.3 Å². The molecule has 0 aromatic heterocycles. The summed E-state index contributed by atoms with van der Waals surface area (Å²) in [6, 6.07) is 8.29. The number of aliphatic imine (C=N–C) groups is 1. The van der Waals surface area contributed by atoms with Crippen molar-refractivity contribution in [3.8, 4) is 0 Å². The number of rotatable bonds is 5. The van der Waals surface area contributed by atoms with Gasteiger partial charge in [0.15, 0.2) is 0 Å². The number of anilines is 2. The minimum Gasteiger partial charge on any atom is -0.356 e. The fourth-order valence-electron chi connectivity index (χ4n) is 3.61. The van der Waals surface area contributed by atoms with Crippen molar-refractivity contribution in [2.45, 2.75) is 32.6 Å². The van der Waals surface area contributed by atoms with Gasteiger partial charge < -0.3 is 15.5 Å². The molecule has 4 rings (SSSR count). The fraction of sp³-hybridized carbons (Fsp3) is 0.318. The average Bonchev–Trinajstić information content (AvgIpc) is 3.45. The number of amidine groups is 1. The summed E-state index contributed by atoms with van der Waals surface area (Å²) in [5.41, 5.74) is 7.62. The van der Waals surface area contributed by atoms with Gasteiger partial charge in [0.05, 0.1) is 17.9 Å². The highest BCUT2D eigenvalue weighted by atomic mass is 15.2. The van der Waals surface area contributed by atoms with Crippen LogP contribution in [0.15, 0.2) is 77.4 Å². The van der Waals surface area contributed by atoms with Crippen molar-refractivity contribution >= 4 is 17.2 Å². The molecule has 3 aliphatic rings. The minimum atomic E-state index is 0.613. The Balaban J connectivity index is 1.48.